The molecule has 0 saturated carbocycles. The third-order valence-electron chi connectivity index (χ3n) is 3.72. The van der Waals surface area contributed by atoms with Crippen molar-refractivity contribution in [2.75, 3.05) is 13.1 Å². The van der Waals surface area contributed by atoms with E-state index < -0.39 is 0 Å². The molecule has 0 radical (unpaired) electrons. The Kier molecular flexibility index (Phi) is 2.17. The summed E-state index contributed by atoms with van der Waals surface area (Å²) in [6.45, 7) is 2.19. The van der Waals surface area contributed by atoms with Gasteiger partial charge in [0.25, 0.3) is 0 Å². The number of hydrogen-bond donors (Lipinski definition) is 1. The van der Waals surface area contributed by atoms with E-state index in [-0.39, 0.29) is 6.10 Å². The van der Waals surface area contributed by atoms with Crippen LogP contribution in [0.25, 0.3) is 0 Å². The number of aliphatic hydroxyl groups excluding tert-OH is 1. The minimum atomic E-state index is -0.123. The third kappa shape index (κ3) is 1.53. The lowest BCUT2D eigenvalue weighted by Crippen LogP contribution is -2.39. The van der Waals surface area contributed by atoms with E-state index in [4.69, 9.17) is 0 Å². The zero-order chi connectivity index (χ0) is 10.3. The molecule has 0 aromatic carbocycles. The fraction of sp³-hybridized carbons (Fsp3) is 0.538. The van der Waals surface area contributed by atoms with Gasteiger partial charge in [-0.1, -0.05) is 24.3 Å². The zero-order valence-electron chi connectivity index (χ0n) is 8.89. The van der Waals surface area contributed by atoms with Gasteiger partial charge in [0.15, 0.2) is 0 Å². The molecule has 0 bridgehead atoms. The highest BCUT2D eigenvalue weighted by atomic mass is 16.3. The molecule has 2 unspecified atom stereocenters. The van der Waals surface area contributed by atoms with Crippen LogP contribution in [0.15, 0.2) is 35.6 Å². The van der Waals surface area contributed by atoms with Crippen LogP contribution < -0.4 is 0 Å². The number of aliphatic hydroxyl groups is 1. The minimum absolute atomic E-state index is 0.123. The topological polar surface area (TPSA) is 23.5 Å². The molecular formula is C13H17NO. The third-order valence-corrected chi connectivity index (χ3v) is 3.72. The van der Waals surface area contributed by atoms with Gasteiger partial charge in [0, 0.05) is 31.1 Å². The van der Waals surface area contributed by atoms with E-state index in [0.29, 0.717) is 5.92 Å². The highest BCUT2D eigenvalue weighted by Crippen LogP contribution is 2.36. The first kappa shape index (κ1) is 9.22. The molecule has 80 valence electrons. The maximum absolute atomic E-state index is 9.74. The first-order valence-corrected chi connectivity index (χ1v) is 5.85. The van der Waals surface area contributed by atoms with E-state index in [9.17, 15) is 5.11 Å². The van der Waals surface area contributed by atoms with E-state index in [2.05, 4.69) is 29.2 Å². The van der Waals surface area contributed by atoms with Crippen LogP contribution in [0.3, 0.4) is 0 Å². The molecule has 0 aromatic heterocycles. The summed E-state index contributed by atoms with van der Waals surface area (Å²) in [5.74, 6) is 0.603. The van der Waals surface area contributed by atoms with Crippen LogP contribution in [0.5, 0.6) is 0 Å². The summed E-state index contributed by atoms with van der Waals surface area (Å²) in [5.41, 5.74) is 2.84. The standard InChI is InChI=1S/C13H17NO/c15-11-6-8-14-7-5-10-3-1-2-4-12(10)13(14)9-11/h1-4,10-11,15H,5-9H2. The van der Waals surface area contributed by atoms with Crippen LogP contribution in [0.1, 0.15) is 19.3 Å². The van der Waals surface area contributed by atoms with E-state index in [1.54, 1.807) is 0 Å². The molecule has 1 fully saturated rings. The summed E-state index contributed by atoms with van der Waals surface area (Å²) in [5, 5.41) is 9.74. The smallest absolute Gasteiger partial charge is 0.0611 e. The van der Waals surface area contributed by atoms with Gasteiger partial charge in [0.1, 0.15) is 0 Å². The SMILES string of the molecule is OC1CCN2CCC3C=CC=CC3=C2C1. The molecule has 3 aliphatic rings. The highest BCUT2D eigenvalue weighted by molar-refractivity contribution is 5.38. The van der Waals surface area contributed by atoms with Crippen LogP contribution >= 0.6 is 0 Å². The molecule has 0 amide bonds. The van der Waals surface area contributed by atoms with Gasteiger partial charge in [0.2, 0.25) is 0 Å². The summed E-state index contributed by atoms with van der Waals surface area (Å²) < 4.78 is 0. The number of nitrogens with zero attached hydrogens (tertiary/aromatic N) is 1. The molecule has 0 aromatic rings. The molecule has 1 N–H and O–H groups in total. The van der Waals surface area contributed by atoms with Crippen LogP contribution in [-0.2, 0) is 0 Å². The Labute approximate surface area is 90.6 Å². The van der Waals surface area contributed by atoms with Crippen molar-refractivity contribution in [3.05, 3.63) is 35.6 Å². The van der Waals surface area contributed by atoms with E-state index in [1.165, 1.54) is 17.7 Å². The number of allylic oxidation sites excluding steroid dienone is 5. The Morgan fingerprint density at radius 2 is 2.07 bits per heavy atom. The molecule has 2 atom stereocenters. The van der Waals surface area contributed by atoms with Gasteiger partial charge in [0.05, 0.1) is 6.10 Å². The predicted octanol–water partition coefficient (Wildman–Crippen LogP) is 1.84. The maximum Gasteiger partial charge on any atom is 0.0611 e. The van der Waals surface area contributed by atoms with Gasteiger partial charge in [-0.2, -0.15) is 0 Å². The van der Waals surface area contributed by atoms with Crippen LogP contribution in [0, 0.1) is 5.92 Å². The van der Waals surface area contributed by atoms with Gasteiger partial charge in [-0.3, -0.25) is 0 Å². The number of hydrogen-bond acceptors (Lipinski definition) is 2. The van der Waals surface area contributed by atoms with Gasteiger partial charge in [-0.15, -0.1) is 0 Å². The number of rotatable bonds is 0. The van der Waals surface area contributed by atoms with Crippen molar-refractivity contribution >= 4 is 0 Å². The van der Waals surface area contributed by atoms with Crippen LogP contribution in [-0.4, -0.2) is 29.2 Å². The second-order valence-corrected chi connectivity index (χ2v) is 4.67. The average Bonchev–Trinajstić information content (AvgIpc) is 2.29. The van der Waals surface area contributed by atoms with Crippen molar-refractivity contribution < 1.29 is 5.11 Å². The van der Waals surface area contributed by atoms with Crippen molar-refractivity contribution in [1.82, 2.24) is 4.90 Å². The van der Waals surface area contributed by atoms with Crippen molar-refractivity contribution in [1.29, 1.82) is 0 Å². The molecule has 1 aliphatic carbocycles. The molecule has 0 spiro atoms. The fourth-order valence-corrected chi connectivity index (χ4v) is 2.88. The molecule has 3 rings (SSSR count). The first-order valence-electron chi connectivity index (χ1n) is 5.85. The molecule has 2 nitrogen and oxygen atoms in total. The highest BCUT2D eigenvalue weighted by Gasteiger charge is 2.30. The number of piperidine rings is 1. The average molecular weight is 203 g/mol. The summed E-state index contributed by atoms with van der Waals surface area (Å²) in [4.78, 5) is 2.46. The number of fused-ring (bicyclic) bond motifs is 2. The van der Waals surface area contributed by atoms with E-state index in [1.807, 2.05) is 0 Å². The van der Waals surface area contributed by atoms with E-state index in [0.717, 1.165) is 25.9 Å². The molecule has 2 heterocycles. The van der Waals surface area contributed by atoms with Crippen molar-refractivity contribution in [2.24, 2.45) is 5.92 Å². The maximum atomic E-state index is 9.74. The minimum Gasteiger partial charge on any atom is -0.393 e. The second-order valence-electron chi connectivity index (χ2n) is 4.67. The second kappa shape index (κ2) is 3.53. The molecule has 2 heteroatoms. The fourth-order valence-electron chi connectivity index (χ4n) is 2.88. The summed E-state index contributed by atoms with van der Waals surface area (Å²) in [6, 6.07) is 0. The van der Waals surface area contributed by atoms with Crippen molar-refractivity contribution in [3.63, 3.8) is 0 Å². The first-order chi connectivity index (χ1) is 7.34. The monoisotopic (exact) mass is 203 g/mol. The lowest BCUT2D eigenvalue weighted by Gasteiger charge is -2.41. The molecule has 1 saturated heterocycles. The Morgan fingerprint density at radius 1 is 1.20 bits per heavy atom. The quantitative estimate of drug-likeness (QED) is 0.649. The predicted molar refractivity (Wildman–Crippen MR) is 60.2 cm³/mol. The lowest BCUT2D eigenvalue weighted by atomic mass is 9.83. The molecule has 2 aliphatic heterocycles. The summed E-state index contributed by atoms with van der Waals surface area (Å²) in [6.07, 6.45) is 11.7. The van der Waals surface area contributed by atoms with Gasteiger partial charge >= 0.3 is 0 Å². The zero-order valence-corrected chi connectivity index (χ0v) is 8.89. The van der Waals surface area contributed by atoms with Crippen LogP contribution in [0.4, 0.5) is 0 Å². The Hall–Kier alpha value is -1.02. The lowest BCUT2D eigenvalue weighted by molar-refractivity contribution is 0.103. The largest absolute Gasteiger partial charge is 0.393 e. The van der Waals surface area contributed by atoms with Gasteiger partial charge in [-0.05, 0) is 18.4 Å². The van der Waals surface area contributed by atoms with Crippen molar-refractivity contribution in [2.45, 2.75) is 25.4 Å². The normalized spacial score (nSPS) is 34.1. The molecule has 15 heavy (non-hydrogen) atoms. The van der Waals surface area contributed by atoms with Crippen molar-refractivity contribution in [3.8, 4) is 0 Å². The van der Waals surface area contributed by atoms with E-state index >= 15 is 0 Å². The Balaban J connectivity index is 1.98. The molecular weight excluding hydrogens is 186 g/mol. The summed E-state index contributed by atoms with van der Waals surface area (Å²) >= 11 is 0. The van der Waals surface area contributed by atoms with Gasteiger partial charge in [-0.25, -0.2) is 0 Å². The van der Waals surface area contributed by atoms with Crippen LogP contribution in [0.2, 0.25) is 0 Å². The Morgan fingerprint density at radius 3 is 3.00 bits per heavy atom. The van der Waals surface area contributed by atoms with Gasteiger partial charge < -0.3 is 10.0 Å². The summed E-state index contributed by atoms with van der Waals surface area (Å²) in [7, 11) is 0. The Bertz CT molecular complexity index is 354.